The Morgan fingerprint density at radius 2 is 0.868 bits per heavy atom. The van der Waals surface area contributed by atoms with Gasteiger partial charge in [-0.15, -0.1) is 0 Å². The molecule has 0 aliphatic heterocycles. The summed E-state index contributed by atoms with van der Waals surface area (Å²) in [6, 6.07) is 0. The number of rotatable bonds is 25. The van der Waals surface area contributed by atoms with Crippen molar-refractivity contribution in [1.82, 2.24) is 0 Å². The van der Waals surface area contributed by atoms with Crippen LogP contribution < -0.4 is 0 Å². The molecule has 0 aromatic rings. The van der Waals surface area contributed by atoms with Gasteiger partial charge in [-0.05, 0) is 44.9 Å². The van der Waals surface area contributed by atoms with Crippen LogP contribution in [0.3, 0.4) is 0 Å². The summed E-state index contributed by atoms with van der Waals surface area (Å²) >= 11 is 0. The van der Waals surface area contributed by atoms with Crippen molar-refractivity contribution >= 4 is 18.1 Å². The monoisotopic (exact) mass is 532 g/mol. The number of ether oxygens (including phenoxy) is 2. The first-order chi connectivity index (χ1) is 18.6. The van der Waals surface area contributed by atoms with Gasteiger partial charge < -0.3 is 9.47 Å². The van der Waals surface area contributed by atoms with Crippen molar-refractivity contribution in [2.24, 2.45) is 0 Å². The van der Waals surface area contributed by atoms with E-state index in [9.17, 15) is 14.4 Å². The molecule has 0 radical (unpaired) electrons. The van der Waals surface area contributed by atoms with Crippen LogP contribution >= 0.6 is 0 Å². The molecule has 0 N–H and O–H groups in total. The van der Waals surface area contributed by atoms with Crippen LogP contribution in [0, 0.1) is 0 Å². The molecule has 0 amide bonds. The van der Waals surface area contributed by atoms with E-state index in [2.05, 4.69) is 59.8 Å². The average molecular weight is 533 g/mol. The topological polar surface area (TPSA) is 69.7 Å². The highest BCUT2D eigenvalue weighted by molar-refractivity contribution is 5.88. The lowest BCUT2D eigenvalue weighted by Crippen LogP contribution is -2.17. The van der Waals surface area contributed by atoms with E-state index < -0.39 is 18.1 Å². The smallest absolute Gasteiger partial charge is 0.360 e. The minimum Gasteiger partial charge on any atom is -0.360 e. The SMILES string of the molecule is CC/C=C\C/C=C\C/C=C\CCCCCCCC(=O)OC(=O)OC(=O)CCCCCCCCCCCCC. The van der Waals surface area contributed by atoms with Gasteiger partial charge in [-0.1, -0.05) is 134 Å². The molecule has 0 rings (SSSR count). The maximum atomic E-state index is 11.8. The molecule has 218 valence electrons. The Bertz CT molecular complexity index is 662. The Morgan fingerprint density at radius 1 is 0.474 bits per heavy atom. The van der Waals surface area contributed by atoms with E-state index in [1.807, 2.05) is 0 Å². The number of carbonyl (C=O) groups is 3. The van der Waals surface area contributed by atoms with Crippen LogP contribution in [-0.4, -0.2) is 18.1 Å². The number of allylic oxidation sites excluding steroid dienone is 6. The zero-order valence-corrected chi connectivity index (χ0v) is 24.6. The van der Waals surface area contributed by atoms with Gasteiger partial charge in [0, 0.05) is 12.8 Å². The van der Waals surface area contributed by atoms with Crippen molar-refractivity contribution in [3.8, 4) is 0 Å². The third-order valence-electron chi connectivity index (χ3n) is 6.41. The Labute approximate surface area is 233 Å². The summed E-state index contributed by atoms with van der Waals surface area (Å²) in [4.78, 5) is 35.2. The lowest BCUT2D eigenvalue weighted by Gasteiger charge is -2.04. The van der Waals surface area contributed by atoms with E-state index in [0.717, 1.165) is 64.2 Å². The summed E-state index contributed by atoms with van der Waals surface area (Å²) in [6.45, 7) is 4.37. The number of carbonyl (C=O) groups excluding carboxylic acids is 3. The molecular weight excluding hydrogens is 476 g/mol. The lowest BCUT2D eigenvalue weighted by atomic mass is 10.1. The highest BCUT2D eigenvalue weighted by Gasteiger charge is 2.15. The van der Waals surface area contributed by atoms with Crippen molar-refractivity contribution in [1.29, 1.82) is 0 Å². The van der Waals surface area contributed by atoms with Crippen LogP contribution in [0.15, 0.2) is 36.5 Å². The zero-order chi connectivity index (χ0) is 27.9. The number of esters is 2. The van der Waals surface area contributed by atoms with E-state index in [1.54, 1.807) is 0 Å². The summed E-state index contributed by atoms with van der Waals surface area (Å²) in [7, 11) is 0. The van der Waals surface area contributed by atoms with Gasteiger partial charge in [0.2, 0.25) is 0 Å². The first kappa shape index (κ1) is 35.8. The maximum absolute atomic E-state index is 11.8. The second kappa shape index (κ2) is 29.4. The quantitative estimate of drug-likeness (QED) is 0.0506. The normalized spacial score (nSPS) is 11.6. The largest absolute Gasteiger partial charge is 0.524 e. The van der Waals surface area contributed by atoms with Gasteiger partial charge in [0.1, 0.15) is 0 Å². The van der Waals surface area contributed by atoms with Crippen LogP contribution in [-0.2, 0) is 19.1 Å². The Balaban J connectivity index is 3.52. The fourth-order valence-electron chi connectivity index (χ4n) is 4.13. The lowest BCUT2D eigenvalue weighted by molar-refractivity contribution is -0.146. The second-order valence-electron chi connectivity index (χ2n) is 10.1. The van der Waals surface area contributed by atoms with Crippen LogP contribution in [0.1, 0.15) is 155 Å². The molecule has 0 heterocycles. The van der Waals surface area contributed by atoms with Crippen LogP contribution in [0.4, 0.5) is 4.79 Å². The van der Waals surface area contributed by atoms with Crippen molar-refractivity contribution in [2.45, 2.75) is 155 Å². The Kier molecular flexibility index (Phi) is 27.7. The second-order valence-corrected chi connectivity index (χ2v) is 10.1. The molecule has 0 bridgehead atoms. The molecule has 0 unspecified atom stereocenters. The average Bonchev–Trinajstić information content (AvgIpc) is 2.89. The Morgan fingerprint density at radius 3 is 1.34 bits per heavy atom. The van der Waals surface area contributed by atoms with E-state index in [1.165, 1.54) is 51.4 Å². The third kappa shape index (κ3) is 28.4. The summed E-state index contributed by atoms with van der Waals surface area (Å²) in [5.74, 6) is -1.24. The van der Waals surface area contributed by atoms with Gasteiger partial charge in [0.25, 0.3) is 0 Å². The molecule has 0 saturated carbocycles. The van der Waals surface area contributed by atoms with Gasteiger partial charge in [0.15, 0.2) is 0 Å². The molecular formula is C33H56O5. The van der Waals surface area contributed by atoms with Crippen LogP contribution in [0.5, 0.6) is 0 Å². The fourth-order valence-corrected chi connectivity index (χ4v) is 4.13. The minimum absolute atomic E-state index is 0.168. The molecule has 0 aliphatic rings. The van der Waals surface area contributed by atoms with Gasteiger partial charge in [-0.25, -0.2) is 4.79 Å². The summed E-state index contributed by atoms with van der Waals surface area (Å²) in [6.07, 6.45) is 34.5. The van der Waals surface area contributed by atoms with Gasteiger partial charge in [0.05, 0.1) is 0 Å². The highest BCUT2D eigenvalue weighted by atomic mass is 16.8. The van der Waals surface area contributed by atoms with Crippen LogP contribution in [0.25, 0.3) is 0 Å². The van der Waals surface area contributed by atoms with E-state index in [0.29, 0.717) is 12.8 Å². The van der Waals surface area contributed by atoms with Crippen molar-refractivity contribution in [2.75, 3.05) is 0 Å². The summed E-state index contributed by atoms with van der Waals surface area (Å²) in [5, 5.41) is 0. The third-order valence-corrected chi connectivity index (χ3v) is 6.41. The van der Waals surface area contributed by atoms with E-state index >= 15 is 0 Å². The molecule has 0 saturated heterocycles. The van der Waals surface area contributed by atoms with E-state index in [-0.39, 0.29) is 12.8 Å². The molecule has 0 aliphatic carbocycles. The van der Waals surface area contributed by atoms with Gasteiger partial charge >= 0.3 is 18.1 Å². The summed E-state index contributed by atoms with van der Waals surface area (Å²) < 4.78 is 9.21. The first-order valence-electron chi connectivity index (χ1n) is 15.5. The van der Waals surface area contributed by atoms with Gasteiger partial charge in [-0.2, -0.15) is 0 Å². The van der Waals surface area contributed by atoms with Crippen LogP contribution in [0.2, 0.25) is 0 Å². The molecule has 5 nitrogen and oxygen atoms in total. The number of hydrogen-bond donors (Lipinski definition) is 0. The standard InChI is InChI=1S/C33H56O5/c1-3-5-7-9-11-13-15-16-17-18-20-22-24-26-28-30-32(35)38-33(36)37-31(34)29-27-25-23-21-19-14-12-10-8-6-4-2/h5,7,11,13,16-17H,3-4,6,8-10,12,14-15,18-30H2,1-2H3/b7-5-,13-11-,17-16-. The minimum atomic E-state index is -1.19. The molecule has 5 heteroatoms. The predicted molar refractivity (Wildman–Crippen MR) is 158 cm³/mol. The zero-order valence-electron chi connectivity index (χ0n) is 24.6. The molecule has 0 spiro atoms. The van der Waals surface area contributed by atoms with Gasteiger partial charge in [-0.3, -0.25) is 9.59 Å². The molecule has 0 aromatic heterocycles. The summed E-state index contributed by atoms with van der Waals surface area (Å²) in [5.41, 5.74) is 0. The first-order valence-corrected chi connectivity index (χ1v) is 15.5. The molecule has 0 fully saturated rings. The predicted octanol–water partition coefficient (Wildman–Crippen LogP) is 10.5. The fraction of sp³-hybridized carbons (Fsp3) is 0.727. The number of hydrogen-bond acceptors (Lipinski definition) is 5. The van der Waals surface area contributed by atoms with Crippen molar-refractivity contribution < 1.29 is 23.9 Å². The molecule has 38 heavy (non-hydrogen) atoms. The Hall–Kier alpha value is -2.17. The van der Waals surface area contributed by atoms with Crippen molar-refractivity contribution in [3.63, 3.8) is 0 Å². The molecule has 0 aromatic carbocycles. The maximum Gasteiger partial charge on any atom is 0.524 e. The van der Waals surface area contributed by atoms with Crippen molar-refractivity contribution in [3.05, 3.63) is 36.5 Å². The molecule has 0 atom stereocenters. The van der Waals surface area contributed by atoms with E-state index in [4.69, 9.17) is 0 Å². The highest BCUT2D eigenvalue weighted by Crippen LogP contribution is 2.13. The number of unbranched alkanes of at least 4 members (excludes halogenated alkanes) is 15.